The Morgan fingerprint density at radius 2 is 2.12 bits per heavy atom. The molecule has 0 aliphatic carbocycles. The van der Waals surface area contributed by atoms with Crippen LogP contribution in [0.1, 0.15) is 6.42 Å². The SMILES string of the molecule is NC1=NC(=NCC[C@H](O)[C@H](O)COP(=O)(O)O)C(NC=O)C(=O)N1. The van der Waals surface area contributed by atoms with E-state index < -0.39 is 38.6 Å². The van der Waals surface area contributed by atoms with Crippen LogP contribution in [0.5, 0.6) is 0 Å². The van der Waals surface area contributed by atoms with Gasteiger partial charge in [0.25, 0.3) is 5.91 Å². The van der Waals surface area contributed by atoms with Gasteiger partial charge in [0.2, 0.25) is 12.4 Å². The number of nitrogens with one attached hydrogen (secondary N) is 2. The van der Waals surface area contributed by atoms with Gasteiger partial charge in [-0.1, -0.05) is 0 Å². The number of amides is 2. The molecule has 14 heteroatoms. The Morgan fingerprint density at radius 1 is 1.46 bits per heavy atom. The van der Waals surface area contributed by atoms with E-state index in [2.05, 4.69) is 25.1 Å². The maximum Gasteiger partial charge on any atom is 0.469 e. The van der Waals surface area contributed by atoms with Crippen LogP contribution in [0, 0.1) is 0 Å². The van der Waals surface area contributed by atoms with Crippen LogP contribution in [0.2, 0.25) is 0 Å². The summed E-state index contributed by atoms with van der Waals surface area (Å²) in [5.74, 6) is -0.932. The summed E-state index contributed by atoms with van der Waals surface area (Å²) in [5.41, 5.74) is 5.38. The highest BCUT2D eigenvalue weighted by Gasteiger charge is 2.29. The summed E-state index contributed by atoms with van der Waals surface area (Å²) in [4.78, 5) is 46.8. The number of carbonyl (C=O) groups excluding carboxylic acids is 2. The number of nitrogens with zero attached hydrogens (tertiary/aromatic N) is 2. The van der Waals surface area contributed by atoms with Crippen LogP contribution in [0.25, 0.3) is 0 Å². The Hall–Kier alpha value is -1.89. The Bertz CT molecular complexity index is 576. The van der Waals surface area contributed by atoms with Crippen molar-refractivity contribution in [3.63, 3.8) is 0 Å². The molecule has 13 nitrogen and oxygen atoms in total. The monoisotopic (exact) mass is 367 g/mol. The first-order valence-corrected chi connectivity index (χ1v) is 8.12. The fourth-order valence-electron chi connectivity index (χ4n) is 1.66. The van der Waals surface area contributed by atoms with E-state index >= 15 is 0 Å². The molecule has 0 aromatic heterocycles. The predicted octanol–water partition coefficient (Wildman–Crippen LogP) is -3.83. The first-order valence-electron chi connectivity index (χ1n) is 6.59. The molecule has 0 spiro atoms. The summed E-state index contributed by atoms with van der Waals surface area (Å²) in [6, 6.07) is -1.14. The number of phosphoric ester groups is 1. The topological polar surface area (TPSA) is 216 Å². The van der Waals surface area contributed by atoms with Crippen molar-refractivity contribution in [1.29, 1.82) is 0 Å². The zero-order valence-electron chi connectivity index (χ0n) is 12.3. The molecule has 0 aromatic carbocycles. The first-order chi connectivity index (χ1) is 11.1. The largest absolute Gasteiger partial charge is 0.469 e. The van der Waals surface area contributed by atoms with Crippen LogP contribution in [0.4, 0.5) is 0 Å². The van der Waals surface area contributed by atoms with E-state index in [9.17, 15) is 24.4 Å². The van der Waals surface area contributed by atoms with Gasteiger partial charge in [0.1, 0.15) is 6.10 Å². The molecule has 1 aliphatic heterocycles. The summed E-state index contributed by atoms with van der Waals surface area (Å²) in [6.07, 6.45) is -2.78. The van der Waals surface area contributed by atoms with Gasteiger partial charge >= 0.3 is 7.82 Å². The van der Waals surface area contributed by atoms with Gasteiger partial charge in [-0.25, -0.2) is 4.57 Å². The van der Waals surface area contributed by atoms with Gasteiger partial charge in [0.05, 0.1) is 12.7 Å². The van der Waals surface area contributed by atoms with Crippen molar-refractivity contribution in [3.8, 4) is 0 Å². The van der Waals surface area contributed by atoms with Crippen molar-refractivity contribution in [3.05, 3.63) is 0 Å². The van der Waals surface area contributed by atoms with Crippen molar-refractivity contribution in [2.75, 3.05) is 13.2 Å². The Morgan fingerprint density at radius 3 is 2.71 bits per heavy atom. The minimum Gasteiger partial charge on any atom is -0.390 e. The lowest BCUT2D eigenvalue weighted by atomic mass is 10.1. The lowest BCUT2D eigenvalue weighted by molar-refractivity contribution is -0.122. The van der Waals surface area contributed by atoms with E-state index in [0.29, 0.717) is 0 Å². The summed E-state index contributed by atoms with van der Waals surface area (Å²) >= 11 is 0. The molecule has 136 valence electrons. The Kier molecular flexibility index (Phi) is 7.41. The van der Waals surface area contributed by atoms with Crippen LogP contribution in [-0.2, 0) is 18.7 Å². The zero-order chi connectivity index (χ0) is 18.3. The van der Waals surface area contributed by atoms with E-state index in [1.54, 1.807) is 0 Å². The molecule has 0 bridgehead atoms. The third-order valence-electron chi connectivity index (χ3n) is 2.80. The lowest BCUT2D eigenvalue weighted by Crippen LogP contribution is -2.56. The quantitative estimate of drug-likeness (QED) is 0.157. The number of amidine groups is 1. The molecular weight excluding hydrogens is 349 g/mol. The molecule has 8 N–H and O–H groups in total. The van der Waals surface area contributed by atoms with Crippen LogP contribution in [0.3, 0.4) is 0 Å². The van der Waals surface area contributed by atoms with E-state index in [1.165, 1.54) is 0 Å². The van der Waals surface area contributed by atoms with E-state index in [4.69, 9.17) is 15.5 Å². The van der Waals surface area contributed by atoms with E-state index in [1.807, 2.05) is 0 Å². The third-order valence-corrected chi connectivity index (χ3v) is 3.28. The minimum atomic E-state index is -4.75. The molecule has 0 fully saturated rings. The van der Waals surface area contributed by atoms with Crippen LogP contribution in [-0.4, -0.2) is 75.5 Å². The molecule has 0 saturated carbocycles. The van der Waals surface area contributed by atoms with Gasteiger partial charge in [-0.05, 0) is 6.42 Å². The van der Waals surface area contributed by atoms with Crippen molar-refractivity contribution >= 4 is 31.9 Å². The summed E-state index contributed by atoms with van der Waals surface area (Å²) in [6.45, 7) is -0.880. The number of hydrogen-bond acceptors (Lipinski definition) is 8. The molecule has 1 aliphatic rings. The number of hydrogen-bond donors (Lipinski definition) is 7. The second-order valence-corrected chi connectivity index (χ2v) is 5.89. The molecular formula is C10H18N5O8P. The molecule has 1 rings (SSSR count). The number of aliphatic hydroxyl groups is 2. The lowest BCUT2D eigenvalue weighted by Gasteiger charge is -2.21. The number of nitrogens with two attached hydrogens (primary N) is 1. The summed E-state index contributed by atoms with van der Waals surface area (Å²) in [5, 5.41) is 23.6. The normalized spacial score (nSPS) is 22.5. The second kappa shape index (κ2) is 8.82. The minimum absolute atomic E-state index is 0.0866. The van der Waals surface area contributed by atoms with Crippen molar-refractivity contribution in [2.45, 2.75) is 24.7 Å². The molecule has 3 atom stereocenters. The fraction of sp³-hybridized carbons (Fsp3) is 0.600. The van der Waals surface area contributed by atoms with Gasteiger partial charge in [-0.15, -0.1) is 0 Å². The van der Waals surface area contributed by atoms with Crippen LogP contribution >= 0.6 is 7.82 Å². The average Bonchev–Trinajstić information content (AvgIpc) is 2.47. The van der Waals surface area contributed by atoms with Crippen molar-refractivity contribution in [1.82, 2.24) is 10.6 Å². The Labute approximate surface area is 135 Å². The predicted molar refractivity (Wildman–Crippen MR) is 79.7 cm³/mol. The standard InChI is InChI=1S/C10H18N5O8P/c11-10-14-8(7(13-4-16)9(19)15-10)12-2-1-5(17)6(18)3-23-24(20,21)22/h4-7,17-18H,1-3H2,(H,13,16)(H2,20,21,22)(H3,11,12,14,15,19)/t5-,6+,7?/m0/s1. The van der Waals surface area contributed by atoms with E-state index in [0.717, 1.165) is 0 Å². The second-order valence-electron chi connectivity index (χ2n) is 4.65. The van der Waals surface area contributed by atoms with Gasteiger partial charge in [0.15, 0.2) is 11.9 Å². The van der Waals surface area contributed by atoms with Crippen LogP contribution in [0.15, 0.2) is 9.98 Å². The Balaban J connectivity index is 2.60. The molecule has 2 amide bonds. The molecule has 0 saturated heterocycles. The highest BCUT2D eigenvalue weighted by Crippen LogP contribution is 2.35. The van der Waals surface area contributed by atoms with Crippen molar-refractivity contribution in [2.24, 2.45) is 15.7 Å². The molecule has 1 unspecified atom stereocenters. The van der Waals surface area contributed by atoms with Gasteiger partial charge in [0, 0.05) is 6.54 Å². The summed E-state index contributed by atoms with van der Waals surface area (Å²) in [7, 11) is -4.75. The fourth-order valence-corrected chi connectivity index (χ4v) is 2.01. The number of aliphatic hydroxyl groups excluding tert-OH is 2. The van der Waals surface area contributed by atoms with E-state index in [-0.39, 0.29) is 31.2 Å². The maximum atomic E-state index is 11.6. The maximum absolute atomic E-state index is 11.6. The summed E-state index contributed by atoms with van der Waals surface area (Å²) < 4.78 is 14.6. The smallest absolute Gasteiger partial charge is 0.390 e. The molecule has 0 aromatic rings. The average molecular weight is 367 g/mol. The van der Waals surface area contributed by atoms with Gasteiger partial charge in [-0.2, -0.15) is 4.99 Å². The van der Waals surface area contributed by atoms with Gasteiger partial charge < -0.3 is 31.1 Å². The highest BCUT2D eigenvalue weighted by molar-refractivity contribution is 7.46. The van der Waals surface area contributed by atoms with Gasteiger partial charge in [-0.3, -0.25) is 24.4 Å². The number of aliphatic imine (C=N–C) groups is 2. The van der Waals surface area contributed by atoms with Crippen LogP contribution < -0.4 is 16.4 Å². The number of carbonyl (C=O) groups is 2. The molecule has 24 heavy (non-hydrogen) atoms. The van der Waals surface area contributed by atoms with Crippen molar-refractivity contribution < 1.29 is 38.7 Å². The molecule has 0 radical (unpaired) electrons. The zero-order valence-corrected chi connectivity index (χ0v) is 13.2. The number of guanidine groups is 1. The third kappa shape index (κ3) is 6.70. The first kappa shape index (κ1) is 20.2. The number of rotatable bonds is 9. The molecule has 1 heterocycles. The highest BCUT2D eigenvalue weighted by atomic mass is 31.2. The number of phosphoric acid groups is 1.